The van der Waals surface area contributed by atoms with Crippen LogP contribution in [0.2, 0.25) is 0 Å². The summed E-state index contributed by atoms with van der Waals surface area (Å²) in [7, 11) is 0. The number of nitrogens with one attached hydrogen (secondary N) is 1. The van der Waals surface area contributed by atoms with Gasteiger partial charge in [-0.25, -0.2) is 0 Å². The van der Waals surface area contributed by atoms with Crippen LogP contribution in [0.4, 0.5) is 0 Å². The third-order valence-corrected chi connectivity index (χ3v) is 3.51. The summed E-state index contributed by atoms with van der Waals surface area (Å²) >= 11 is 0. The summed E-state index contributed by atoms with van der Waals surface area (Å²) in [5.74, 6) is 0.933. The molecule has 2 rings (SSSR count). The molecule has 2 N–H and O–H groups in total. The number of rotatable bonds is 7. The zero-order valence-corrected chi connectivity index (χ0v) is 13.1. The van der Waals surface area contributed by atoms with Gasteiger partial charge in [-0.05, 0) is 12.3 Å². The van der Waals surface area contributed by atoms with E-state index in [9.17, 15) is 0 Å². The van der Waals surface area contributed by atoms with E-state index in [0.29, 0.717) is 19.1 Å². The number of hydrogen-bond acceptors (Lipinski definition) is 3. The molecule has 3 heteroatoms. The first-order chi connectivity index (χ1) is 10.1. The molecule has 21 heavy (non-hydrogen) atoms. The van der Waals surface area contributed by atoms with Crippen LogP contribution in [-0.2, 0) is 0 Å². The van der Waals surface area contributed by atoms with E-state index in [1.165, 1.54) is 10.9 Å². The molecule has 2 aromatic carbocycles. The second-order valence-corrected chi connectivity index (χ2v) is 5.67. The van der Waals surface area contributed by atoms with Gasteiger partial charge in [0.15, 0.2) is 0 Å². The van der Waals surface area contributed by atoms with Crippen LogP contribution in [-0.4, -0.2) is 24.4 Å². The quantitative estimate of drug-likeness (QED) is 0.764. The molecule has 2 aromatic rings. The van der Waals surface area contributed by atoms with Gasteiger partial charge in [0, 0.05) is 36.1 Å². The summed E-state index contributed by atoms with van der Waals surface area (Å²) in [5.41, 5.74) is 1.17. The largest absolute Gasteiger partial charge is 0.493 e. The van der Waals surface area contributed by atoms with Crippen LogP contribution in [0.5, 0.6) is 5.75 Å². The molecule has 3 nitrogen and oxygen atoms in total. The van der Waals surface area contributed by atoms with E-state index in [4.69, 9.17) is 9.84 Å². The minimum atomic E-state index is 0.153. The first-order valence-corrected chi connectivity index (χ1v) is 7.65. The molecule has 0 aliphatic rings. The average Bonchev–Trinajstić information content (AvgIpc) is 2.46. The Morgan fingerprint density at radius 1 is 1.10 bits per heavy atom. The van der Waals surface area contributed by atoms with E-state index in [-0.39, 0.29) is 12.6 Å². The molecule has 114 valence electrons. The smallest absolute Gasteiger partial charge is 0.131 e. The van der Waals surface area contributed by atoms with Gasteiger partial charge in [0.1, 0.15) is 5.75 Å². The topological polar surface area (TPSA) is 41.5 Å². The predicted octanol–water partition coefficient (Wildman–Crippen LogP) is 3.66. The molecule has 0 spiro atoms. The Balaban J connectivity index is 2.40. The van der Waals surface area contributed by atoms with Gasteiger partial charge >= 0.3 is 0 Å². The lowest BCUT2D eigenvalue weighted by Crippen LogP contribution is -2.26. The van der Waals surface area contributed by atoms with Crippen LogP contribution in [0.1, 0.15) is 38.8 Å². The monoisotopic (exact) mass is 287 g/mol. The summed E-state index contributed by atoms with van der Waals surface area (Å²) in [6.07, 6.45) is 0.647. The lowest BCUT2D eigenvalue weighted by molar-refractivity contribution is 0.233. The maximum Gasteiger partial charge on any atom is 0.131 e. The molecule has 0 radical (unpaired) electrons. The highest BCUT2D eigenvalue weighted by Gasteiger charge is 2.15. The second-order valence-electron chi connectivity index (χ2n) is 5.67. The Morgan fingerprint density at radius 2 is 1.86 bits per heavy atom. The number of aliphatic hydroxyl groups is 1. The first kappa shape index (κ1) is 15.8. The maximum atomic E-state index is 8.96. The summed E-state index contributed by atoms with van der Waals surface area (Å²) in [5, 5.41) is 14.8. The van der Waals surface area contributed by atoms with Crippen molar-refractivity contribution in [1.82, 2.24) is 5.32 Å². The highest BCUT2D eigenvalue weighted by atomic mass is 16.5. The van der Waals surface area contributed by atoms with Crippen molar-refractivity contribution < 1.29 is 9.84 Å². The third kappa shape index (κ3) is 3.96. The Hall–Kier alpha value is -1.58. The number of ether oxygens (including phenoxy) is 1. The van der Waals surface area contributed by atoms with Crippen molar-refractivity contribution in [2.24, 2.45) is 0 Å². The van der Waals surface area contributed by atoms with Gasteiger partial charge in [-0.3, -0.25) is 0 Å². The molecule has 0 saturated heterocycles. The van der Waals surface area contributed by atoms with Crippen molar-refractivity contribution >= 4 is 10.8 Å². The van der Waals surface area contributed by atoms with Crippen molar-refractivity contribution in [2.45, 2.75) is 39.3 Å². The van der Waals surface area contributed by atoms with E-state index in [1.54, 1.807) is 0 Å². The molecule has 0 aromatic heterocycles. The normalized spacial score (nSPS) is 12.8. The van der Waals surface area contributed by atoms with Crippen molar-refractivity contribution in [1.29, 1.82) is 0 Å². The van der Waals surface area contributed by atoms with Crippen molar-refractivity contribution in [2.75, 3.05) is 13.2 Å². The van der Waals surface area contributed by atoms with Crippen LogP contribution < -0.4 is 10.1 Å². The van der Waals surface area contributed by atoms with Gasteiger partial charge in [0.05, 0.1) is 6.61 Å². The minimum absolute atomic E-state index is 0.153. The van der Waals surface area contributed by atoms with Gasteiger partial charge in [-0.2, -0.15) is 0 Å². The van der Waals surface area contributed by atoms with Gasteiger partial charge < -0.3 is 15.2 Å². The standard InChI is InChI=1S/C18H25NO2/c1-13(2)19-14(3)16-10-9-15-7-4-5-8-17(15)18(16)21-12-6-11-20/h4-5,7-10,13-14,19-20H,6,11-12H2,1-3H3. The number of benzene rings is 2. The molecule has 0 bridgehead atoms. The summed E-state index contributed by atoms with van der Waals surface area (Å²) < 4.78 is 5.99. The predicted molar refractivity (Wildman–Crippen MR) is 87.8 cm³/mol. The summed E-state index contributed by atoms with van der Waals surface area (Å²) in [4.78, 5) is 0. The van der Waals surface area contributed by atoms with Crippen LogP contribution in [0.3, 0.4) is 0 Å². The van der Waals surface area contributed by atoms with Crippen LogP contribution in [0, 0.1) is 0 Å². The highest BCUT2D eigenvalue weighted by Crippen LogP contribution is 2.34. The van der Waals surface area contributed by atoms with E-state index in [0.717, 1.165) is 11.1 Å². The SMILES string of the molecule is CC(C)NC(C)c1ccc2ccccc2c1OCCCO. The molecule has 0 saturated carbocycles. The molecular formula is C18H25NO2. The molecule has 0 amide bonds. The number of fused-ring (bicyclic) bond motifs is 1. The van der Waals surface area contributed by atoms with Gasteiger partial charge in [0.2, 0.25) is 0 Å². The minimum Gasteiger partial charge on any atom is -0.493 e. The molecule has 0 aliphatic heterocycles. The lowest BCUT2D eigenvalue weighted by atomic mass is 10.0. The van der Waals surface area contributed by atoms with Crippen LogP contribution in [0.15, 0.2) is 36.4 Å². The summed E-state index contributed by atoms with van der Waals surface area (Å²) in [6.45, 7) is 7.13. The van der Waals surface area contributed by atoms with Gasteiger partial charge in [0.25, 0.3) is 0 Å². The fraction of sp³-hybridized carbons (Fsp3) is 0.444. The van der Waals surface area contributed by atoms with E-state index >= 15 is 0 Å². The zero-order valence-electron chi connectivity index (χ0n) is 13.1. The maximum absolute atomic E-state index is 8.96. The average molecular weight is 287 g/mol. The Morgan fingerprint density at radius 3 is 2.57 bits per heavy atom. The van der Waals surface area contributed by atoms with E-state index in [1.807, 2.05) is 12.1 Å². The molecule has 1 atom stereocenters. The summed E-state index contributed by atoms with van der Waals surface area (Å²) in [6, 6.07) is 13.2. The van der Waals surface area contributed by atoms with Crippen LogP contribution in [0.25, 0.3) is 10.8 Å². The molecule has 0 fully saturated rings. The van der Waals surface area contributed by atoms with E-state index < -0.39 is 0 Å². The first-order valence-electron chi connectivity index (χ1n) is 7.65. The van der Waals surface area contributed by atoms with Gasteiger partial charge in [-0.15, -0.1) is 0 Å². The van der Waals surface area contributed by atoms with Crippen molar-refractivity contribution in [3.8, 4) is 5.75 Å². The molecule has 0 aliphatic carbocycles. The van der Waals surface area contributed by atoms with Crippen LogP contribution >= 0.6 is 0 Å². The molecular weight excluding hydrogens is 262 g/mol. The number of hydrogen-bond donors (Lipinski definition) is 2. The molecule has 1 unspecified atom stereocenters. The van der Waals surface area contributed by atoms with E-state index in [2.05, 4.69) is 50.4 Å². The highest BCUT2D eigenvalue weighted by molar-refractivity contribution is 5.89. The van der Waals surface area contributed by atoms with Gasteiger partial charge in [-0.1, -0.05) is 50.2 Å². The fourth-order valence-corrected chi connectivity index (χ4v) is 2.59. The Bertz CT molecular complexity index is 580. The Kier molecular flexibility index (Phi) is 5.59. The second kappa shape index (κ2) is 7.43. The number of aliphatic hydroxyl groups excluding tert-OH is 1. The zero-order chi connectivity index (χ0) is 15.2. The lowest BCUT2D eigenvalue weighted by Gasteiger charge is -2.22. The van der Waals surface area contributed by atoms with Crippen molar-refractivity contribution in [3.05, 3.63) is 42.0 Å². The van der Waals surface area contributed by atoms with Crippen molar-refractivity contribution in [3.63, 3.8) is 0 Å². The third-order valence-electron chi connectivity index (χ3n) is 3.51. The Labute approximate surface area is 126 Å². The fourth-order valence-electron chi connectivity index (χ4n) is 2.59. The molecule has 0 heterocycles.